The largest absolute Gasteiger partial charge is 0.484 e. The van der Waals surface area contributed by atoms with Gasteiger partial charge in [-0.25, -0.2) is 4.79 Å². The van der Waals surface area contributed by atoms with Crippen molar-refractivity contribution in [1.29, 1.82) is 0 Å². The third-order valence-electron chi connectivity index (χ3n) is 3.99. The van der Waals surface area contributed by atoms with Crippen molar-refractivity contribution in [2.24, 2.45) is 10.9 Å². The van der Waals surface area contributed by atoms with Crippen molar-refractivity contribution in [2.75, 3.05) is 6.61 Å². The van der Waals surface area contributed by atoms with E-state index in [0.717, 1.165) is 0 Å². The van der Waals surface area contributed by atoms with Crippen LogP contribution in [-0.2, 0) is 4.79 Å². The number of hydrogen-bond acceptors (Lipinski definition) is 6. The van der Waals surface area contributed by atoms with Crippen LogP contribution in [0, 0.1) is 0 Å². The monoisotopic (exact) mass is 442 g/mol. The second kappa shape index (κ2) is 9.91. The van der Waals surface area contributed by atoms with Crippen molar-refractivity contribution in [2.45, 2.75) is 0 Å². The third-order valence-corrected chi connectivity index (χ3v) is 4.52. The number of ketones is 1. The highest BCUT2D eigenvalue weighted by atomic mass is 35.5. The first-order valence-electron chi connectivity index (χ1n) is 8.74. The molecule has 0 atom stereocenters. The molecular weight excluding hydrogens is 427 g/mol. The molecule has 3 aromatic rings. The van der Waals surface area contributed by atoms with E-state index in [1.807, 2.05) is 0 Å². The molecule has 0 bridgehead atoms. The summed E-state index contributed by atoms with van der Waals surface area (Å²) in [7, 11) is 0. The zero-order valence-corrected chi connectivity index (χ0v) is 17.1. The second-order valence-corrected chi connectivity index (χ2v) is 6.89. The third kappa shape index (κ3) is 5.37. The van der Waals surface area contributed by atoms with Gasteiger partial charge in [-0.1, -0.05) is 41.4 Å². The Morgan fingerprint density at radius 3 is 2.23 bits per heavy atom. The fraction of sp³-hybridized carbons (Fsp3) is 0.0455. The van der Waals surface area contributed by atoms with Crippen molar-refractivity contribution in [3.05, 3.63) is 94.0 Å². The first kappa shape index (κ1) is 21.4. The van der Waals surface area contributed by atoms with E-state index in [1.165, 1.54) is 6.07 Å². The number of halogens is 2. The van der Waals surface area contributed by atoms with Crippen molar-refractivity contribution < 1.29 is 19.1 Å². The summed E-state index contributed by atoms with van der Waals surface area (Å²) in [6.07, 6.45) is 0. The van der Waals surface area contributed by atoms with Crippen molar-refractivity contribution in [3.8, 4) is 11.5 Å². The van der Waals surface area contributed by atoms with Crippen molar-refractivity contribution >= 4 is 40.7 Å². The van der Waals surface area contributed by atoms with Gasteiger partial charge in [0.2, 0.25) is 5.78 Å². The SMILES string of the molecule is N/N=C(/C(=O)COc1ccc(Cl)cc1Cl)c1ccc(OC(=O)c2ccccc2)cc1. The number of benzene rings is 3. The number of carbonyl (C=O) groups excluding carboxylic acids is 2. The Hall–Kier alpha value is -3.35. The number of esters is 1. The van der Waals surface area contributed by atoms with E-state index in [2.05, 4.69) is 5.10 Å². The van der Waals surface area contributed by atoms with Crippen LogP contribution in [0.3, 0.4) is 0 Å². The molecule has 3 aromatic carbocycles. The average Bonchev–Trinajstić information content (AvgIpc) is 2.75. The Morgan fingerprint density at radius 2 is 1.60 bits per heavy atom. The Labute approximate surface area is 182 Å². The lowest BCUT2D eigenvalue weighted by atomic mass is 10.1. The molecule has 0 aliphatic rings. The molecule has 6 nitrogen and oxygen atoms in total. The zero-order chi connectivity index (χ0) is 21.5. The van der Waals surface area contributed by atoms with Crippen LogP contribution in [0.4, 0.5) is 0 Å². The Bertz CT molecular complexity index is 1080. The highest BCUT2D eigenvalue weighted by molar-refractivity contribution is 6.46. The van der Waals surface area contributed by atoms with E-state index < -0.39 is 11.8 Å². The van der Waals surface area contributed by atoms with Gasteiger partial charge in [0.25, 0.3) is 0 Å². The number of carbonyl (C=O) groups is 2. The predicted octanol–water partition coefficient (Wildman–Crippen LogP) is 4.52. The fourth-order valence-corrected chi connectivity index (χ4v) is 3.00. The predicted molar refractivity (Wildman–Crippen MR) is 116 cm³/mol. The summed E-state index contributed by atoms with van der Waals surface area (Å²) in [6, 6.07) is 19.5. The lowest BCUT2D eigenvalue weighted by molar-refractivity contribution is -0.114. The van der Waals surface area contributed by atoms with Crippen LogP contribution in [0.1, 0.15) is 15.9 Å². The Kier molecular flexibility index (Phi) is 7.06. The van der Waals surface area contributed by atoms with Crippen LogP contribution in [0.25, 0.3) is 0 Å². The topological polar surface area (TPSA) is 91.0 Å². The lowest BCUT2D eigenvalue weighted by Gasteiger charge is -2.09. The highest BCUT2D eigenvalue weighted by Gasteiger charge is 2.16. The molecule has 0 saturated heterocycles. The molecule has 8 heteroatoms. The van der Waals surface area contributed by atoms with Crippen LogP contribution in [0.2, 0.25) is 10.0 Å². The van der Waals surface area contributed by atoms with E-state index in [1.54, 1.807) is 66.7 Å². The van der Waals surface area contributed by atoms with Crippen molar-refractivity contribution in [3.63, 3.8) is 0 Å². The molecule has 0 aliphatic heterocycles. The number of hydrazone groups is 1. The van der Waals surface area contributed by atoms with Gasteiger partial charge in [0, 0.05) is 10.6 Å². The lowest BCUT2D eigenvalue weighted by Crippen LogP contribution is -2.24. The van der Waals surface area contributed by atoms with Crippen LogP contribution >= 0.6 is 23.2 Å². The summed E-state index contributed by atoms with van der Waals surface area (Å²) in [6.45, 7) is -0.317. The average molecular weight is 443 g/mol. The molecule has 3 rings (SSSR count). The van der Waals surface area contributed by atoms with Gasteiger partial charge in [-0.15, -0.1) is 0 Å². The number of hydrogen-bond donors (Lipinski definition) is 1. The molecule has 0 radical (unpaired) electrons. The Morgan fingerprint density at radius 1 is 0.900 bits per heavy atom. The molecule has 0 aromatic heterocycles. The van der Waals surface area contributed by atoms with Gasteiger partial charge in [-0.2, -0.15) is 5.10 Å². The minimum absolute atomic E-state index is 0.0148. The van der Waals surface area contributed by atoms with E-state index in [9.17, 15) is 9.59 Å². The van der Waals surface area contributed by atoms with Gasteiger partial charge in [-0.3, -0.25) is 4.79 Å². The van der Waals surface area contributed by atoms with E-state index in [4.69, 9.17) is 38.5 Å². The number of nitrogens with two attached hydrogens (primary N) is 1. The number of Topliss-reactive ketones (excluding diaryl/α,β-unsaturated/α-hetero) is 1. The zero-order valence-electron chi connectivity index (χ0n) is 15.5. The van der Waals surface area contributed by atoms with Gasteiger partial charge < -0.3 is 15.3 Å². The molecule has 0 amide bonds. The van der Waals surface area contributed by atoms with Crippen molar-refractivity contribution in [1.82, 2.24) is 0 Å². The second-order valence-electron chi connectivity index (χ2n) is 6.04. The molecule has 0 aliphatic carbocycles. The minimum Gasteiger partial charge on any atom is -0.484 e. The summed E-state index contributed by atoms with van der Waals surface area (Å²) < 4.78 is 10.7. The number of rotatable bonds is 7. The standard InChI is InChI=1S/C22H16Cl2N2O4/c23-16-8-11-20(18(24)12-16)29-13-19(27)21(26-25)14-6-9-17(10-7-14)30-22(28)15-4-2-1-3-5-15/h1-12H,13,25H2/b26-21+. The maximum atomic E-state index is 12.5. The van der Waals surface area contributed by atoms with Crippen LogP contribution in [0.15, 0.2) is 77.9 Å². The maximum absolute atomic E-state index is 12.5. The number of nitrogens with zero attached hydrogens (tertiary/aromatic N) is 1. The summed E-state index contributed by atoms with van der Waals surface area (Å²) >= 11 is 11.9. The summed E-state index contributed by atoms with van der Waals surface area (Å²) in [5.74, 6) is 5.10. The van der Waals surface area contributed by atoms with E-state index in [0.29, 0.717) is 27.6 Å². The molecule has 30 heavy (non-hydrogen) atoms. The first-order valence-corrected chi connectivity index (χ1v) is 9.50. The maximum Gasteiger partial charge on any atom is 0.343 e. The smallest absolute Gasteiger partial charge is 0.343 e. The van der Waals surface area contributed by atoms with Gasteiger partial charge in [-0.05, 0) is 54.6 Å². The van der Waals surface area contributed by atoms with Gasteiger partial charge >= 0.3 is 5.97 Å². The van der Waals surface area contributed by atoms with E-state index >= 15 is 0 Å². The van der Waals surface area contributed by atoms with Gasteiger partial charge in [0.1, 0.15) is 17.2 Å². The molecule has 2 N–H and O–H groups in total. The van der Waals surface area contributed by atoms with Gasteiger partial charge in [0.15, 0.2) is 6.61 Å². The molecule has 0 spiro atoms. The molecule has 0 heterocycles. The van der Waals surface area contributed by atoms with Crippen LogP contribution in [0.5, 0.6) is 11.5 Å². The Balaban J connectivity index is 1.64. The number of ether oxygens (including phenoxy) is 2. The minimum atomic E-state index is -0.486. The van der Waals surface area contributed by atoms with Gasteiger partial charge in [0.05, 0.1) is 10.6 Å². The quantitative estimate of drug-likeness (QED) is 0.191. The first-order chi connectivity index (χ1) is 14.5. The molecule has 0 saturated carbocycles. The summed E-state index contributed by atoms with van der Waals surface area (Å²) in [5, 5.41) is 4.31. The fourth-order valence-electron chi connectivity index (χ4n) is 2.53. The van der Waals surface area contributed by atoms with Crippen LogP contribution in [-0.4, -0.2) is 24.1 Å². The normalized spacial score (nSPS) is 11.1. The van der Waals surface area contributed by atoms with E-state index in [-0.39, 0.29) is 17.3 Å². The summed E-state index contributed by atoms with van der Waals surface area (Å²) in [4.78, 5) is 24.6. The highest BCUT2D eigenvalue weighted by Crippen LogP contribution is 2.27. The molecule has 0 unspecified atom stereocenters. The summed E-state index contributed by atoms with van der Waals surface area (Å²) in [5.41, 5.74) is 0.896. The molecular formula is C22H16Cl2N2O4. The molecule has 0 fully saturated rings. The molecule has 152 valence electrons. The van der Waals surface area contributed by atoms with Crippen LogP contribution < -0.4 is 15.3 Å².